The van der Waals surface area contributed by atoms with Gasteiger partial charge in [-0.3, -0.25) is 9.35 Å². The first-order chi connectivity index (χ1) is 11.1. The summed E-state index contributed by atoms with van der Waals surface area (Å²) in [6.45, 7) is 12.3. The largest absolute Gasteiger partial charge is 1.00 e. The first kappa shape index (κ1) is 32.8. The zero-order valence-corrected chi connectivity index (χ0v) is 19.7. The zero-order chi connectivity index (χ0) is 19.4. The Kier molecular flexibility index (Phi) is 31.6. The molecule has 7 heteroatoms. The smallest absolute Gasteiger partial charge is 0.366 e. The Morgan fingerprint density at radius 3 is 1.48 bits per heavy atom. The molecule has 0 aliphatic heterocycles. The molecule has 3 N–H and O–H groups in total. The van der Waals surface area contributed by atoms with Gasteiger partial charge in [-0.05, 0) is 13.8 Å². The van der Waals surface area contributed by atoms with E-state index in [0.717, 1.165) is 6.42 Å². The molecule has 0 saturated heterocycles. The van der Waals surface area contributed by atoms with E-state index in [1.165, 1.54) is 64.7 Å². The maximum absolute atomic E-state index is 9.82. The van der Waals surface area contributed by atoms with Crippen LogP contribution in [0.2, 0.25) is 0 Å². The molecule has 0 fully saturated rings. The van der Waals surface area contributed by atoms with Crippen molar-refractivity contribution in [1.82, 2.24) is 0 Å². The summed E-state index contributed by atoms with van der Waals surface area (Å²) < 4.78 is 26.9. The van der Waals surface area contributed by atoms with Crippen molar-refractivity contribution >= 4 is 16.0 Å². The second-order valence-corrected chi connectivity index (χ2v) is 7.44. The average molecular weight is 388 g/mol. The number of unbranched alkanes of at least 4 members (excludes halogenated alkanes) is 9. The number of rotatable bonds is 11. The summed E-state index contributed by atoms with van der Waals surface area (Å²) in [5.74, 6) is -0.637. The average Bonchev–Trinajstić information content (AvgIpc) is 2.50. The van der Waals surface area contributed by atoms with Crippen molar-refractivity contribution < 1.29 is 47.3 Å². The Bertz CT molecular complexity index is 376. The van der Waals surface area contributed by atoms with Gasteiger partial charge in [0, 0.05) is 5.57 Å². The fourth-order valence-electron chi connectivity index (χ4n) is 1.49. The Morgan fingerprint density at radius 2 is 1.28 bits per heavy atom. The SMILES string of the molecule is C=C(C)C(N)=O.CCS(=O)(=O)O.[CH2-]CCCCCCCCCCC.[Na+]. The predicted molar refractivity (Wildman–Crippen MR) is 103 cm³/mol. The van der Waals surface area contributed by atoms with Gasteiger partial charge in [0.1, 0.15) is 0 Å². The van der Waals surface area contributed by atoms with Crippen molar-refractivity contribution in [3.8, 4) is 0 Å². The molecule has 0 rings (SSSR count). The van der Waals surface area contributed by atoms with Gasteiger partial charge in [-0.2, -0.15) is 14.8 Å². The second-order valence-electron chi connectivity index (χ2n) is 5.70. The van der Waals surface area contributed by atoms with Crippen LogP contribution in [0.5, 0.6) is 0 Å². The molecule has 0 aliphatic carbocycles. The quantitative estimate of drug-likeness (QED) is 0.185. The van der Waals surface area contributed by atoms with Crippen LogP contribution in [0, 0.1) is 6.92 Å². The number of carbonyl (C=O) groups is 1. The van der Waals surface area contributed by atoms with E-state index in [1.807, 2.05) is 0 Å². The number of primary amides is 1. The van der Waals surface area contributed by atoms with Crippen molar-refractivity contribution in [3.05, 3.63) is 19.1 Å². The number of carbonyl (C=O) groups excluding carboxylic acids is 1. The topological polar surface area (TPSA) is 97.5 Å². The number of hydrogen-bond donors (Lipinski definition) is 2. The van der Waals surface area contributed by atoms with Gasteiger partial charge < -0.3 is 12.7 Å². The van der Waals surface area contributed by atoms with Crippen LogP contribution in [0.4, 0.5) is 0 Å². The maximum atomic E-state index is 9.82. The molecule has 0 saturated carbocycles. The van der Waals surface area contributed by atoms with Crippen molar-refractivity contribution in [2.45, 2.75) is 85.0 Å². The van der Waals surface area contributed by atoms with Gasteiger partial charge in [0.05, 0.1) is 5.75 Å². The summed E-state index contributed by atoms with van der Waals surface area (Å²) in [6, 6.07) is 0. The molecule has 0 aromatic heterocycles. The molecule has 5 nitrogen and oxygen atoms in total. The molecular formula is C18H38NNaO4S. The first-order valence-corrected chi connectivity index (χ1v) is 10.4. The minimum atomic E-state index is -3.66. The molecule has 0 spiro atoms. The van der Waals surface area contributed by atoms with Gasteiger partial charge in [-0.25, -0.2) is 0 Å². The molecule has 25 heavy (non-hydrogen) atoms. The standard InChI is InChI=1S/C12H25.C4H7NO.C2H6O3S.Na/c1-3-5-7-9-11-12-10-8-6-4-2;1-3(2)4(5)6;1-2-6(3,4)5;/h1,3-12H2,2H3;1H2,2H3,(H2,5,6);2H2,1H3,(H,3,4,5);/q-1;;;+1. The minimum Gasteiger partial charge on any atom is -0.366 e. The summed E-state index contributed by atoms with van der Waals surface area (Å²) in [7, 11) is -3.66. The molecule has 146 valence electrons. The van der Waals surface area contributed by atoms with Gasteiger partial charge in [0.2, 0.25) is 5.91 Å². The number of nitrogens with two attached hydrogens (primary N) is 1. The van der Waals surface area contributed by atoms with E-state index in [1.54, 1.807) is 6.92 Å². The van der Waals surface area contributed by atoms with Crippen LogP contribution >= 0.6 is 0 Å². The molecule has 0 atom stereocenters. The van der Waals surface area contributed by atoms with E-state index in [4.69, 9.17) is 10.3 Å². The minimum absolute atomic E-state index is 0. The zero-order valence-electron chi connectivity index (χ0n) is 16.8. The van der Waals surface area contributed by atoms with E-state index < -0.39 is 16.0 Å². The van der Waals surface area contributed by atoms with E-state index in [0.29, 0.717) is 5.57 Å². The molecule has 0 unspecified atom stereocenters. The van der Waals surface area contributed by atoms with Crippen LogP contribution in [-0.2, 0) is 14.9 Å². The van der Waals surface area contributed by atoms with E-state index in [2.05, 4.69) is 20.4 Å². The first-order valence-electron chi connectivity index (χ1n) is 8.82. The molecule has 1 amide bonds. The van der Waals surface area contributed by atoms with Crippen LogP contribution in [0.3, 0.4) is 0 Å². The van der Waals surface area contributed by atoms with Gasteiger partial charge in [0.15, 0.2) is 0 Å². The van der Waals surface area contributed by atoms with Gasteiger partial charge in [0.25, 0.3) is 10.1 Å². The van der Waals surface area contributed by atoms with Crippen LogP contribution in [-0.4, -0.2) is 24.6 Å². The third-order valence-corrected chi connectivity index (χ3v) is 3.87. The third-order valence-electron chi connectivity index (χ3n) is 3.14. The fraction of sp³-hybridized carbons (Fsp3) is 0.778. The Balaban J connectivity index is -0.000000144. The van der Waals surface area contributed by atoms with Gasteiger partial charge in [-0.1, -0.05) is 71.3 Å². The van der Waals surface area contributed by atoms with E-state index >= 15 is 0 Å². The van der Waals surface area contributed by atoms with Crippen molar-refractivity contribution in [2.24, 2.45) is 5.73 Å². The van der Waals surface area contributed by atoms with Crippen LogP contribution in [0.1, 0.15) is 85.0 Å². The van der Waals surface area contributed by atoms with E-state index in [-0.39, 0.29) is 35.3 Å². The summed E-state index contributed by atoms with van der Waals surface area (Å²) in [4.78, 5) is 9.82. The van der Waals surface area contributed by atoms with Crippen LogP contribution in [0.25, 0.3) is 0 Å². The summed E-state index contributed by atoms with van der Waals surface area (Å²) in [6.07, 6.45) is 13.9. The van der Waals surface area contributed by atoms with Crippen LogP contribution in [0.15, 0.2) is 12.2 Å². The molecule has 0 heterocycles. The van der Waals surface area contributed by atoms with E-state index in [9.17, 15) is 13.2 Å². The van der Waals surface area contributed by atoms with Crippen molar-refractivity contribution in [3.63, 3.8) is 0 Å². The van der Waals surface area contributed by atoms with Crippen molar-refractivity contribution in [2.75, 3.05) is 5.75 Å². The molecule has 0 aromatic rings. The normalized spacial score (nSPS) is 9.64. The number of hydrogen-bond acceptors (Lipinski definition) is 3. The summed E-state index contributed by atoms with van der Waals surface area (Å²) in [5, 5.41) is 0. The molecule has 0 aromatic carbocycles. The Labute approximate surface area is 178 Å². The monoisotopic (exact) mass is 387 g/mol. The van der Waals surface area contributed by atoms with Crippen LogP contribution < -0.4 is 35.3 Å². The summed E-state index contributed by atoms with van der Waals surface area (Å²) in [5.41, 5.74) is 5.09. The molecule has 0 radical (unpaired) electrons. The van der Waals surface area contributed by atoms with Crippen molar-refractivity contribution in [1.29, 1.82) is 0 Å². The number of amides is 1. The Morgan fingerprint density at radius 1 is 1.00 bits per heavy atom. The van der Waals surface area contributed by atoms with Gasteiger partial charge >= 0.3 is 29.6 Å². The molecule has 0 bridgehead atoms. The third kappa shape index (κ3) is 45.4. The fourth-order valence-corrected chi connectivity index (χ4v) is 1.49. The van der Waals surface area contributed by atoms with Gasteiger partial charge in [-0.15, -0.1) is 0 Å². The Hall–Kier alpha value is 0.120. The molecule has 0 aliphatic rings. The predicted octanol–water partition coefficient (Wildman–Crippen LogP) is 1.69. The summed E-state index contributed by atoms with van der Waals surface area (Å²) >= 11 is 0. The second kappa shape index (κ2) is 24.1. The molecular weight excluding hydrogens is 349 g/mol. The maximum Gasteiger partial charge on any atom is 1.00 e.